The van der Waals surface area contributed by atoms with Gasteiger partial charge in [-0.25, -0.2) is 0 Å². The molecule has 2 N–H and O–H groups in total. The maximum Gasteiger partial charge on any atom is 0.0846 e. The van der Waals surface area contributed by atoms with Gasteiger partial charge in [0.15, 0.2) is 0 Å². The minimum atomic E-state index is -0.242. The van der Waals surface area contributed by atoms with Gasteiger partial charge >= 0.3 is 0 Å². The average molecular weight is 256 g/mol. The molecule has 2 unspecified atom stereocenters. The van der Waals surface area contributed by atoms with Gasteiger partial charge in [0, 0.05) is 18.2 Å². The zero-order valence-corrected chi connectivity index (χ0v) is 11.3. The standard InChI is InChI=1S/C16H20N2O/c1-16(8-2-3-10-19-16)15(17)13-6-7-14-12(11-13)5-4-9-18-14/h4-7,9,11,15H,2-3,8,10,17H2,1H3. The Bertz CT molecular complexity index is 576. The van der Waals surface area contributed by atoms with Gasteiger partial charge in [0.2, 0.25) is 0 Å². The lowest BCUT2D eigenvalue weighted by molar-refractivity contribution is -0.0820. The Morgan fingerprint density at radius 1 is 1.32 bits per heavy atom. The molecule has 3 heteroatoms. The van der Waals surface area contributed by atoms with E-state index >= 15 is 0 Å². The molecule has 3 nitrogen and oxygen atoms in total. The highest BCUT2D eigenvalue weighted by Crippen LogP contribution is 2.35. The van der Waals surface area contributed by atoms with Crippen LogP contribution in [0.3, 0.4) is 0 Å². The second-order valence-corrected chi connectivity index (χ2v) is 5.55. The van der Waals surface area contributed by atoms with Crippen LogP contribution in [0.15, 0.2) is 36.5 Å². The van der Waals surface area contributed by atoms with Crippen LogP contribution >= 0.6 is 0 Å². The van der Waals surface area contributed by atoms with Crippen LogP contribution in [-0.4, -0.2) is 17.2 Å². The van der Waals surface area contributed by atoms with Gasteiger partial charge < -0.3 is 10.5 Å². The molecule has 0 spiro atoms. The smallest absolute Gasteiger partial charge is 0.0846 e. The fraction of sp³-hybridized carbons (Fsp3) is 0.438. The van der Waals surface area contributed by atoms with Crippen molar-refractivity contribution in [3.8, 4) is 0 Å². The van der Waals surface area contributed by atoms with Crippen molar-refractivity contribution >= 4 is 10.9 Å². The third-order valence-corrected chi connectivity index (χ3v) is 4.14. The molecule has 1 aliphatic rings. The van der Waals surface area contributed by atoms with Gasteiger partial charge in [-0.1, -0.05) is 12.1 Å². The molecule has 1 fully saturated rings. The Morgan fingerprint density at radius 2 is 2.21 bits per heavy atom. The molecule has 0 bridgehead atoms. The number of rotatable bonds is 2. The van der Waals surface area contributed by atoms with E-state index in [9.17, 15) is 0 Å². The average Bonchev–Trinajstić information content (AvgIpc) is 2.47. The maximum absolute atomic E-state index is 6.45. The first-order valence-electron chi connectivity index (χ1n) is 6.93. The molecule has 0 aliphatic carbocycles. The number of hydrogen-bond donors (Lipinski definition) is 1. The monoisotopic (exact) mass is 256 g/mol. The van der Waals surface area contributed by atoms with Crippen molar-refractivity contribution in [3.63, 3.8) is 0 Å². The maximum atomic E-state index is 6.45. The molecule has 0 amide bonds. The van der Waals surface area contributed by atoms with Crippen LogP contribution in [0.1, 0.15) is 37.8 Å². The van der Waals surface area contributed by atoms with Gasteiger partial charge in [0.25, 0.3) is 0 Å². The van der Waals surface area contributed by atoms with Crippen LogP contribution in [0.25, 0.3) is 10.9 Å². The quantitative estimate of drug-likeness (QED) is 0.897. The number of pyridine rings is 1. The Kier molecular flexibility index (Phi) is 3.25. The molecule has 2 heterocycles. The number of benzene rings is 1. The van der Waals surface area contributed by atoms with Gasteiger partial charge in [-0.2, -0.15) is 0 Å². The summed E-state index contributed by atoms with van der Waals surface area (Å²) in [5.41, 5.74) is 8.34. The second kappa shape index (κ2) is 4.91. The van der Waals surface area contributed by atoms with Crippen LogP contribution in [-0.2, 0) is 4.74 Å². The van der Waals surface area contributed by atoms with E-state index in [1.165, 1.54) is 6.42 Å². The number of ether oxygens (including phenoxy) is 1. The van der Waals surface area contributed by atoms with Crippen molar-refractivity contribution in [2.75, 3.05) is 6.61 Å². The fourth-order valence-corrected chi connectivity index (χ4v) is 2.84. The van der Waals surface area contributed by atoms with E-state index < -0.39 is 0 Å². The minimum Gasteiger partial charge on any atom is -0.373 e. The predicted octanol–water partition coefficient (Wildman–Crippen LogP) is 3.19. The minimum absolute atomic E-state index is 0.0857. The zero-order valence-electron chi connectivity index (χ0n) is 11.3. The van der Waals surface area contributed by atoms with Gasteiger partial charge in [-0.15, -0.1) is 0 Å². The SMILES string of the molecule is CC1(C(N)c2ccc3ncccc3c2)CCCCO1. The second-order valence-electron chi connectivity index (χ2n) is 5.55. The summed E-state index contributed by atoms with van der Waals surface area (Å²) in [4.78, 5) is 4.34. The molecule has 2 atom stereocenters. The normalized spacial score (nSPS) is 25.4. The third-order valence-electron chi connectivity index (χ3n) is 4.14. The van der Waals surface area contributed by atoms with E-state index in [1.807, 2.05) is 18.3 Å². The summed E-state index contributed by atoms with van der Waals surface area (Å²) in [6.45, 7) is 2.95. The number of fused-ring (bicyclic) bond motifs is 1. The van der Waals surface area contributed by atoms with Crippen LogP contribution in [0, 0.1) is 0 Å². The number of aromatic nitrogens is 1. The van der Waals surface area contributed by atoms with Crippen LogP contribution < -0.4 is 5.73 Å². The lowest BCUT2D eigenvalue weighted by atomic mass is 9.84. The molecule has 1 aromatic carbocycles. The molecule has 100 valence electrons. The molecule has 1 aromatic heterocycles. The molecule has 1 saturated heterocycles. The Balaban J connectivity index is 1.94. The number of nitrogens with zero attached hydrogens (tertiary/aromatic N) is 1. The lowest BCUT2D eigenvalue weighted by Gasteiger charge is -2.39. The van der Waals surface area contributed by atoms with Crippen LogP contribution in [0.4, 0.5) is 0 Å². The predicted molar refractivity (Wildman–Crippen MR) is 76.9 cm³/mol. The summed E-state index contributed by atoms with van der Waals surface area (Å²) in [5.74, 6) is 0. The van der Waals surface area contributed by atoms with Crippen molar-refractivity contribution in [2.45, 2.75) is 37.8 Å². The van der Waals surface area contributed by atoms with Gasteiger partial charge in [-0.05, 0) is 49.9 Å². The van der Waals surface area contributed by atoms with Crippen molar-refractivity contribution in [2.24, 2.45) is 5.73 Å². The topological polar surface area (TPSA) is 48.1 Å². The summed E-state index contributed by atoms with van der Waals surface area (Å²) in [6, 6.07) is 10.2. The van der Waals surface area contributed by atoms with Crippen LogP contribution in [0.2, 0.25) is 0 Å². The van der Waals surface area contributed by atoms with E-state index in [1.54, 1.807) is 0 Å². The van der Waals surface area contributed by atoms with E-state index in [4.69, 9.17) is 10.5 Å². The first-order valence-corrected chi connectivity index (χ1v) is 6.93. The van der Waals surface area contributed by atoms with Crippen molar-refractivity contribution in [1.82, 2.24) is 4.98 Å². The Labute approximate surface area is 113 Å². The van der Waals surface area contributed by atoms with E-state index in [0.717, 1.165) is 35.9 Å². The highest BCUT2D eigenvalue weighted by Gasteiger charge is 2.35. The van der Waals surface area contributed by atoms with Gasteiger partial charge in [0.05, 0.1) is 17.2 Å². The fourth-order valence-electron chi connectivity index (χ4n) is 2.84. The van der Waals surface area contributed by atoms with Crippen molar-refractivity contribution in [3.05, 3.63) is 42.1 Å². The zero-order chi connectivity index (χ0) is 13.3. The Hall–Kier alpha value is -1.45. The molecular formula is C16H20N2O. The summed E-state index contributed by atoms with van der Waals surface area (Å²) >= 11 is 0. The molecule has 0 radical (unpaired) electrons. The summed E-state index contributed by atoms with van der Waals surface area (Å²) in [7, 11) is 0. The summed E-state index contributed by atoms with van der Waals surface area (Å²) in [6.07, 6.45) is 5.18. The first-order chi connectivity index (χ1) is 9.19. The van der Waals surface area contributed by atoms with E-state index in [2.05, 4.69) is 30.1 Å². The van der Waals surface area contributed by atoms with E-state index in [-0.39, 0.29) is 11.6 Å². The third kappa shape index (κ3) is 2.36. The number of nitrogens with two attached hydrogens (primary N) is 1. The molecule has 0 saturated carbocycles. The van der Waals surface area contributed by atoms with Crippen molar-refractivity contribution < 1.29 is 4.74 Å². The lowest BCUT2D eigenvalue weighted by Crippen LogP contribution is -2.43. The largest absolute Gasteiger partial charge is 0.373 e. The van der Waals surface area contributed by atoms with Gasteiger partial charge in [-0.3, -0.25) is 4.98 Å². The number of hydrogen-bond acceptors (Lipinski definition) is 3. The highest BCUT2D eigenvalue weighted by atomic mass is 16.5. The van der Waals surface area contributed by atoms with E-state index in [0.29, 0.717) is 0 Å². The summed E-state index contributed by atoms with van der Waals surface area (Å²) in [5, 5.41) is 1.13. The molecule has 19 heavy (non-hydrogen) atoms. The molecular weight excluding hydrogens is 236 g/mol. The van der Waals surface area contributed by atoms with Crippen LogP contribution in [0.5, 0.6) is 0 Å². The highest BCUT2D eigenvalue weighted by molar-refractivity contribution is 5.79. The Morgan fingerprint density at radius 3 is 3.00 bits per heavy atom. The summed E-state index contributed by atoms with van der Waals surface area (Å²) < 4.78 is 5.95. The molecule has 2 aromatic rings. The van der Waals surface area contributed by atoms with Gasteiger partial charge in [0.1, 0.15) is 0 Å². The molecule has 3 rings (SSSR count). The molecule has 1 aliphatic heterocycles. The van der Waals surface area contributed by atoms with Crippen molar-refractivity contribution in [1.29, 1.82) is 0 Å². The first kappa shape index (κ1) is 12.6.